The molecule has 7 heteroatoms. The predicted octanol–water partition coefficient (Wildman–Crippen LogP) is 1.63. The van der Waals surface area contributed by atoms with Gasteiger partial charge in [-0.3, -0.25) is 14.9 Å². The maximum atomic E-state index is 12.0. The van der Waals surface area contributed by atoms with Gasteiger partial charge in [-0.1, -0.05) is 24.3 Å². The number of rotatable bonds is 5. The molecule has 1 amide bonds. The third-order valence-electron chi connectivity index (χ3n) is 2.82. The minimum absolute atomic E-state index is 0.0729. The normalized spacial score (nSPS) is 10.1. The molecule has 1 heterocycles. The molecule has 2 rings (SSSR count). The van der Waals surface area contributed by atoms with Crippen molar-refractivity contribution in [3.05, 3.63) is 63.8 Å². The summed E-state index contributed by atoms with van der Waals surface area (Å²) in [7, 11) is 0. The predicted molar refractivity (Wildman–Crippen MR) is 77.6 cm³/mol. The van der Waals surface area contributed by atoms with E-state index >= 15 is 0 Å². The highest BCUT2D eigenvalue weighted by Crippen LogP contribution is 2.18. The average molecular weight is 286 g/mol. The molecule has 0 saturated carbocycles. The van der Waals surface area contributed by atoms with Crippen molar-refractivity contribution in [3.8, 4) is 0 Å². The highest BCUT2D eigenvalue weighted by molar-refractivity contribution is 5.91. The van der Waals surface area contributed by atoms with Crippen molar-refractivity contribution < 1.29 is 9.72 Å². The van der Waals surface area contributed by atoms with E-state index in [0.717, 1.165) is 0 Å². The van der Waals surface area contributed by atoms with Crippen LogP contribution in [0.15, 0.2) is 42.5 Å². The van der Waals surface area contributed by atoms with Crippen molar-refractivity contribution in [3.63, 3.8) is 0 Å². The smallest absolute Gasteiger partial charge is 0.273 e. The molecule has 0 bridgehead atoms. The molecular formula is C14H14N4O3. The van der Waals surface area contributed by atoms with Crippen LogP contribution in [0.5, 0.6) is 0 Å². The molecule has 1 aromatic heterocycles. The Morgan fingerprint density at radius 3 is 2.71 bits per heavy atom. The molecule has 0 aliphatic carbocycles. The summed E-state index contributed by atoms with van der Waals surface area (Å²) >= 11 is 0. The fourth-order valence-corrected chi connectivity index (χ4v) is 1.86. The van der Waals surface area contributed by atoms with Gasteiger partial charge in [0, 0.05) is 18.2 Å². The number of nitro benzene ring substituents is 1. The summed E-state index contributed by atoms with van der Waals surface area (Å²) in [4.78, 5) is 26.5. The molecule has 0 saturated heterocycles. The number of aromatic nitrogens is 1. The highest BCUT2D eigenvalue weighted by Gasteiger charge is 2.15. The molecule has 1 aromatic carbocycles. The standard InChI is InChI=1S/C14H14N4O3/c15-9-11-5-3-7-13(16-11)17-14(19)8-10-4-1-2-6-12(10)18(20)21/h1-7H,8-9,15H2,(H,16,17,19). The lowest BCUT2D eigenvalue weighted by Crippen LogP contribution is -2.16. The van der Waals surface area contributed by atoms with Crippen molar-refractivity contribution in [1.29, 1.82) is 0 Å². The van der Waals surface area contributed by atoms with E-state index in [4.69, 9.17) is 5.73 Å². The summed E-state index contributed by atoms with van der Waals surface area (Å²) in [5.74, 6) is 0.00695. The van der Waals surface area contributed by atoms with Gasteiger partial charge in [0.25, 0.3) is 5.69 Å². The maximum Gasteiger partial charge on any atom is 0.273 e. The van der Waals surface area contributed by atoms with Gasteiger partial charge in [0.2, 0.25) is 5.91 Å². The number of carbonyl (C=O) groups excluding carboxylic acids is 1. The molecule has 0 aliphatic rings. The van der Waals surface area contributed by atoms with Crippen molar-refractivity contribution in [2.75, 3.05) is 5.32 Å². The number of nitro groups is 1. The van der Waals surface area contributed by atoms with Crippen molar-refractivity contribution >= 4 is 17.4 Å². The van der Waals surface area contributed by atoms with Gasteiger partial charge < -0.3 is 11.1 Å². The van der Waals surface area contributed by atoms with Gasteiger partial charge in [-0.25, -0.2) is 4.98 Å². The second-order valence-corrected chi connectivity index (χ2v) is 4.33. The van der Waals surface area contributed by atoms with Crippen LogP contribution in [0, 0.1) is 10.1 Å². The number of nitrogens with zero attached hydrogens (tertiary/aromatic N) is 2. The molecule has 0 unspecified atom stereocenters. The first-order valence-corrected chi connectivity index (χ1v) is 6.28. The van der Waals surface area contributed by atoms with Crippen LogP contribution in [0.4, 0.5) is 11.5 Å². The molecule has 0 spiro atoms. The van der Waals surface area contributed by atoms with Crippen LogP contribution in [0.25, 0.3) is 0 Å². The molecule has 21 heavy (non-hydrogen) atoms. The molecule has 0 aliphatic heterocycles. The second kappa shape index (κ2) is 6.58. The minimum atomic E-state index is -0.504. The van der Waals surface area contributed by atoms with Gasteiger partial charge in [0.05, 0.1) is 17.0 Å². The Bertz CT molecular complexity index is 673. The largest absolute Gasteiger partial charge is 0.325 e. The molecule has 0 radical (unpaired) electrons. The van der Waals surface area contributed by atoms with Gasteiger partial charge >= 0.3 is 0 Å². The monoisotopic (exact) mass is 286 g/mol. The maximum absolute atomic E-state index is 12.0. The van der Waals surface area contributed by atoms with E-state index in [9.17, 15) is 14.9 Å². The summed E-state index contributed by atoms with van der Waals surface area (Å²) in [6, 6.07) is 11.3. The second-order valence-electron chi connectivity index (χ2n) is 4.33. The van der Waals surface area contributed by atoms with Crippen molar-refractivity contribution in [1.82, 2.24) is 4.98 Å². The first kappa shape index (κ1) is 14.6. The lowest BCUT2D eigenvalue weighted by Gasteiger charge is -2.06. The zero-order valence-corrected chi connectivity index (χ0v) is 11.2. The van der Waals surface area contributed by atoms with Crippen molar-refractivity contribution in [2.45, 2.75) is 13.0 Å². The molecular weight excluding hydrogens is 272 g/mol. The van der Waals surface area contributed by atoms with Crippen LogP contribution in [0.2, 0.25) is 0 Å². The number of hydrogen-bond acceptors (Lipinski definition) is 5. The van der Waals surface area contributed by atoms with E-state index in [0.29, 0.717) is 17.1 Å². The van der Waals surface area contributed by atoms with E-state index in [1.54, 1.807) is 36.4 Å². The number of hydrogen-bond donors (Lipinski definition) is 2. The number of nitrogens with two attached hydrogens (primary N) is 1. The van der Waals surface area contributed by atoms with Gasteiger partial charge in [-0.15, -0.1) is 0 Å². The van der Waals surface area contributed by atoms with E-state index in [2.05, 4.69) is 10.3 Å². The van der Waals surface area contributed by atoms with Gasteiger partial charge in [-0.2, -0.15) is 0 Å². The molecule has 7 nitrogen and oxygen atoms in total. The zero-order chi connectivity index (χ0) is 15.2. The zero-order valence-electron chi connectivity index (χ0n) is 11.2. The molecule has 0 fully saturated rings. The number of carbonyl (C=O) groups is 1. The summed E-state index contributed by atoms with van der Waals surface area (Å²) in [6.45, 7) is 0.272. The number of nitrogens with one attached hydrogen (secondary N) is 1. The van der Waals surface area contributed by atoms with Crippen LogP contribution in [0.3, 0.4) is 0 Å². The van der Waals surface area contributed by atoms with Crippen LogP contribution < -0.4 is 11.1 Å². The van der Waals surface area contributed by atoms with Crippen LogP contribution >= 0.6 is 0 Å². The highest BCUT2D eigenvalue weighted by atomic mass is 16.6. The van der Waals surface area contributed by atoms with Gasteiger partial charge in [0.15, 0.2) is 0 Å². The Balaban J connectivity index is 2.10. The van der Waals surface area contributed by atoms with Crippen LogP contribution in [0.1, 0.15) is 11.3 Å². The van der Waals surface area contributed by atoms with Crippen LogP contribution in [-0.4, -0.2) is 15.8 Å². The number of pyridine rings is 1. The van der Waals surface area contributed by atoms with Crippen molar-refractivity contribution in [2.24, 2.45) is 5.73 Å². The first-order valence-electron chi connectivity index (χ1n) is 6.28. The summed E-state index contributed by atoms with van der Waals surface area (Å²) < 4.78 is 0. The number of amides is 1. The average Bonchev–Trinajstić information content (AvgIpc) is 2.47. The molecule has 108 valence electrons. The van der Waals surface area contributed by atoms with Gasteiger partial charge in [0.1, 0.15) is 5.82 Å². The van der Waals surface area contributed by atoms with E-state index in [1.807, 2.05) is 0 Å². The topological polar surface area (TPSA) is 111 Å². The first-order chi connectivity index (χ1) is 10.1. The summed E-state index contributed by atoms with van der Waals surface area (Å²) in [6.07, 6.45) is -0.0916. The summed E-state index contributed by atoms with van der Waals surface area (Å²) in [5, 5.41) is 13.5. The van der Waals surface area contributed by atoms with Gasteiger partial charge in [-0.05, 0) is 12.1 Å². The fraction of sp³-hybridized carbons (Fsp3) is 0.143. The Hall–Kier alpha value is -2.80. The molecule has 3 N–H and O–H groups in total. The number of benzene rings is 1. The Labute approximate surface area is 121 Å². The number of para-hydroxylation sites is 1. The third kappa shape index (κ3) is 3.83. The lowest BCUT2D eigenvalue weighted by molar-refractivity contribution is -0.385. The van der Waals surface area contributed by atoms with E-state index in [1.165, 1.54) is 6.07 Å². The van der Waals surface area contributed by atoms with E-state index in [-0.39, 0.29) is 24.6 Å². The number of anilines is 1. The minimum Gasteiger partial charge on any atom is -0.325 e. The van der Waals surface area contributed by atoms with E-state index < -0.39 is 4.92 Å². The lowest BCUT2D eigenvalue weighted by atomic mass is 10.1. The quantitative estimate of drug-likeness (QED) is 0.641. The SMILES string of the molecule is NCc1cccc(NC(=O)Cc2ccccc2[N+](=O)[O-])n1. The molecule has 0 atom stereocenters. The van der Waals surface area contributed by atoms with Crippen LogP contribution in [-0.2, 0) is 17.8 Å². The molecule has 2 aromatic rings. The third-order valence-corrected chi connectivity index (χ3v) is 2.82. The Morgan fingerprint density at radius 1 is 1.24 bits per heavy atom. The summed E-state index contributed by atoms with van der Waals surface area (Å²) in [5.41, 5.74) is 6.41. The Kier molecular flexibility index (Phi) is 4.57. The Morgan fingerprint density at radius 2 is 2.00 bits per heavy atom. The fourth-order valence-electron chi connectivity index (χ4n) is 1.86.